The predicted molar refractivity (Wildman–Crippen MR) is 69.7 cm³/mol. The fraction of sp³-hybridized carbons (Fsp3) is 0.455. The van der Waals surface area contributed by atoms with Gasteiger partial charge in [0.15, 0.2) is 0 Å². The van der Waals surface area contributed by atoms with Crippen LogP contribution in [0.1, 0.15) is 12.0 Å². The Kier molecular flexibility index (Phi) is 5.12. The monoisotopic (exact) mass is 245 g/mol. The second-order valence-corrected chi connectivity index (χ2v) is 4.16. The van der Waals surface area contributed by atoms with Gasteiger partial charge in [0.05, 0.1) is 12.1 Å². The molecule has 0 aliphatic heterocycles. The minimum absolute atomic E-state index is 0.636. The Morgan fingerprint density at radius 3 is 2.80 bits per heavy atom. The van der Waals surface area contributed by atoms with E-state index in [-0.39, 0.29) is 0 Å². The first-order chi connectivity index (χ1) is 7.19. The third-order valence-corrected chi connectivity index (χ3v) is 2.76. The van der Waals surface area contributed by atoms with Crippen molar-refractivity contribution in [3.05, 3.63) is 22.7 Å². The second-order valence-electron chi connectivity index (χ2n) is 3.31. The fourth-order valence-corrected chi connectivity index (χ4v) is 1.70. The van der Waals surface area contributed by atoms with E-state index < -0.39 is 0 Å². The number of halogens is 1. The van der Waals surface area contributed by atoms with Gasteiger partial charge in [-0.25, -0.2) is 0 Å². The summed E-state index contributed by atoms with van der Waals surface area (Å²) in [5.74, 6) is 1.60. The number of ether oxygens (including phenoxy) is 1. The average molecular weight is 246 g/mol. The van der Waals surface area contributed by atoms with Gasteiger partial charge in [-0.3, -0.25) is 0 Å². The zero-order valence-corrected chi connectivity index (χ0v) is 10.7. The van der Waals surface area contributed by atoms with E-state index in [0.29, 0.717) is 10.8 Å². The van der Waals surface area contributed by atoms with Crippen LogP contribution in [-0.4, -0.2) is 19.4 Å². The molecule has 1 rings (SSSR count). The van der Waals surface area contributed by atoms with Gasteiger partial charge in [0.25, 0.3) is 0 Å². The average Bonchev–Trinajstić information content (AvgIpc) is 2.23. The zero-order valence-electron chi connectivity index (χ0n) is 9.01. The van der Waals surface area contributed by atoms with Crippen LogP contribution in [-0.2, 0) is 0 Å². The van der Waals surface area contributed by atoms with Gasteiger partial charge in [-0.1, -0.05) is 11.6 Å². The molecule has 0 spiro atoms. The summed E-state index contributed by atoms with van der Waals surface area (Å²) in [6.07, 6.45) is 1.03. The number of rotatable bonds is 5. The summed E-state index contributed by atoms with van der Waals surface area (Å²) in [5, 5.41) is 3.95. The minimum atomic E-state index is 0.636. The molecule has 0 aromatic heterocycles. The van der Waals surface area contributed by atoms with Gasteiger partial charge in [0.2, 0.25) is 0 Å². The molecule has 1 aromatic rings. The number of methoxy groups -OCH3 is 1. The third-order valence-electron chi connectivity index (χ3n) is 2.15. The molecule has 0 saturated heterocycles. The standard InChI is InChI=1S/C11H16ClNOS/c1-8-6-11(14-2)9(12)7-10(8)13-4-3-5-15/h6-7,13,15H,3-5H2,1-2H3. The summed E-state index contributed by atoms with van der Waals surface area (Å²) in [4.78, 5) is 0. The molecule has 0 amide bonds. The highest BCUT2D eigenvalue weighted by Gasteiger charge is 2.05. The molecular weight excluding hydrogens is 230 g/mol. The molecule has 84 valence electrons. The fourth-order valence-electron chi connectivity index (χ4n) is 1.30. The van der Waals surface area contributed by atoms with Crippen molar-refractivity contribution in [3.63, 3.8) is 0 Å². The van der Waals surface area contributed by atoms with Crippen LogP contribution in [0, 0.1) is 6.92 Å². The maximum Gasteiger partial charge on any atom is 0.137 e. The predicted octanol–water partition coefficient (Wildman–Crippen LogP) is 3.39. The molecule has 0 aliphatic rings. The number of thiol groups is 1. The number of nitrogens with one attached hydrogen (secondary N) is 1. The normalized spacial score (nSPS) is 10.1. The van der Waals surface area contributed by atoms with E-state index in [1.807, 2.05) is 19.1 Å². The smallest absolute Gasteiger partial charge is 0.137 e. The molecule has 15 heavy (non-hydrogen) atoms. The van der Waals surface area contributed by atoms with E-state index in [9.17, 15) is 0 Å². The van der Waals surface area contributed by atoms with Crippen molar-refractivity contribution in [1.82, 2.24) is 0 Å². The Morgan fingerprint density at radius 1 is 1.47 bits per heavy atom. The first kappa shape index (κ1) is 12.5. The Balaban J connectivity index is 2.76. The third kappa shape index (κ3) is 3.50. The van der Waals surface area contributed by atoms with Gasteiger partial charge in [-0.05, 0) is 36.8 Å². The van der Waals surface area contributed by atoms with Crippen LogP contribution >= 0.6 is 24.2 Å². The SMILES string of the molecule is COc1cc(C)c(NCCCS)cc1Cl. The number of hydrogen-bond acceptors (Lipinski definition) is 3. The van der Waals surface area contributed by atoms with E-state index in [2.05, 4.69) is 17.9 Å². The zero-order chi connectivity index (χ0) is 11.3. The molecule has 1 aromatic carbocycles. The maximum absolute atomic E-state index is 6.03. The number of anilines is 1. The van der Waals surface area contributed by atoms with Crippen molar-refractivity contribution in [2.45, 2.75) is 13.3 Å². The summed E-state index contributed by atoms with van der Waals surface area (Å²) < 4.78 is 5.13. The van der Waals surface area contributed by atoms with Crippen molar-refractivity contribution in [3.8, 4) is 5.75 Å². The summed E-state index contributed by atoms with van der Waals surface area (Å²) in [7, 11) is 1.62. The largest absolute Gasteiger partial charge is 0.495 e. The van der Waals surface area contributed by atoms with Crippen LogP contribution in [0.2, 0.25) is 5.02 Å². The Morgan fingerprint density at radius 2 is 2.20 bits per heavy atom. The molecule has 1 N–H and O–H groups in total. The van der Waals surface area contributed by atoms with Gasteiger partial charge in [-0.2, -0.15) is 12.6 Å². The summed E-state index contributed by atoms with van der Waals surface area (Å²) in [6.45, 7) is 2.94. The van der Waals surface area contributed by atoms with Gasteiger partial charge in [0, 0.05) is 12.2 Å². The van der Waals surface area contributed by atoms with E-state index >= 15 is 0 Å². The van der Waals surface area contributed by atoms with E-state index in [4.69, 9.17) is 16.3 Å². The lowest BCUT2D eigenvalue weighted by Gasteiger charge is -2.11. The van der Waals surface area contributed by atoms with Crippen LogP contribution in [0.25, 0.3) is 0 Å². The minimum Gasteiger partial charge on any atom is -0.495 e. The molecule has 0 fully saturated rings. The van der Waals surface area contributed by atoms with Crippen LogP contribution in [0.5, 0.6) is 5.75 Å². The van der Waals surface area contributed by atoms with E-state index in [1.54, 1.807) is 7.11 Å². The Hall–Kier alpha value is -0.540. The van der Waals surface area contributed by atoms with Crippen molar-refractivity contribution in [2.75, 3.05) is 24.7 Å². The molecule has 0 atom stereocenters. The summed E-state index contributed by atoms with van der Waals surface area (Å²) >= 11 is 10.2. The lowest BCUT2D eigenvalue weighted by molar-refractivity contribution is 0.415. The topological polar surface area (TPSA) is 21.3 Å². The van der Waals surface area contributed by atoms with Crippen LogP contribution < -0.4 is 10.1 Å². The first-order valence-corrected chi connectivity index (χ1v) is 5.89. The highest BCUT2D eigenvalue weighted by molar-refractivity contribution is 7.80. The second kappa shape index (κ2) is 6.13. The van der Waals surface area contributed by atoms with Crippen molar-refractivity contribution < 1.29 is 4.74 Å². The van der Waals surface area contributed by atoms with Crippen molar-refractivity contribution in [2.24, 2.45) is 0 Å². The molecule has 0 unspecified atom stereocenters. The van der Waals surface area contributed by atoms with Crippen LogP contribution in [0.15, 0.2) is 12.1 Å². The highest BCUT2D eigenvalue weighted by atomic mass is 35.5. The maximum atomic E-state index is 6.03. The van der Waals surface area contributed by atoms with Crippen molar-refractivity contribution in [1.29, 1.82) is 0 Å². The number of aryl methyl sites for hydroxylation is 1. The van der Waals surface area contributed by atoms with Gasteiger partial charge in [-0.15, -0.1) is 0 Å². The molecule has 4 heteroatoms. The molecule has 0 bridgehead atoms. The quantitative estimate of drug-likeness (QED) is 0.613. The number of hydrogen-bond donors (Lipinski definition) is 2. The Labute approximate surface area is 101 Å². The Bertz CT molecular complexity index is 331. The highest BCUT2D eigenvalue weighted by Crippen LogP contribution is 2.30. The van der Waals surface area contributed by atoms with Gasteiger partial charge < -0.3 is 10.1 Å². The lowest BCUT2D eigenvalue weighted by atomic mass is 10.2. The molecule has 0 aliphatic carbocycles. The van der Waals surface area contributed by atoms with Gasteiger partial charge >= 0.3 is 0 Å². The lowest BCUT2D eigenvalue weighted by Crippen LogP contribution is -2.03. The van der Waals surface area contributed by atoms with E-state index in [1.165, 1.54) is 0 Å². The molecular formula is C11H16ClNOS. The summed E-state index contributed by atoms with van der Waals surface area (Å²) in [5.41, 5.74) is 2.19. The van der Waals surface area contributed by atoms with E-state index in [0.717, 1.165) is 30.0 Å². The molecule has 0 heterocycles. The van der Waals surface area contributed by atoms with Crippen LogP contribution in [0.3, 0.4) is 0 Å². The molecule has 0 radical (unpaired) electrons. The van der Waals surface area contributed by atoms with Gasteiger partial charge in [0.1, 0.15) is 5.75 Å². The van der Waals surface area contributed by atoms with Crippen molar-refractivity contribution >= 4 is 29.9 Å². The molecule has 0 saturated carbocycles. The van der Waals surface area contributed by atoms with Crippen LogP contribution in [0.4, 0.5) is 5.69 Å². The number of benzene rings is 1. The molecule has 2 nitrogen and oxygen atoms in total. The summed E-state index contributed by atoms with van der Waals surface area (Å²) in [6, 6.07) is 3.83. The first-order valence-electron chi connectivity index (χ1n) is 4.88.